The highest BCUT2D eigenvalue weighted by atomic mass is 32.1. The molecular formula is C20H22F3N5O2S. The number of nitrogens with zero attached hydrogens (tertiary/aromatic N) is 3. The van der Waals surface area contributed by atoms with Crippen molar-refractivity contribution in [2.24, 2.45) is 0 Å². The third kappa shape index (κ3) is 5.97. The molecule has 0 aliphatic carbocycles. The summed E-state index contributed by atoms with van der Waals surface area (Å²) in [6, 6.07) is 6.32. The minimum absolute atomic E-state index is 0.145. The molecule has 11 heteroatoms. The fourth-order valence-electron chi connectivity index (χ4n) is 2.68. The van der Waals surface area contributed by atoms with Crippen LogP contribution in [0.1, 0.15) is 23.2 Å². The number of hydrogen-bond donors (Lipinski definition) is 4. The van der Waals surface area contributed by atoms with E-state index >= 15 is 0 Å². The Morgan fingerprint density at radius 1 is 1.10 bits per heavy atom. The van der Waals surface area contributed by atoms with Crippen LogP contribution in [0.2, 0.25) is 0 Å². The number of alkyl halides is 3. The summed E-state index contributed by atoms with van der Waals surface area (Å²) < 4.78 is 38.7. The number of anilines is 2. The maximum atomic E-state index is 12.9. The highest BCUT2D eigenvalue weighted by Gasteiger charge is 2.32. The molecule has 4 N–H and O–H groups in total. The van der Waals surface area contributed by atoms with Crippen LogP contribution in [0.25, 0.3) is 10.4 Å². The largest absolute Gasteiger partial charge is 0.433 e. The molecule has 2 aromatic heterocycles. The minimum atomic E-state index is -4.55. The van der Waals surface area contributed by atoms with Gasteiger partial charge in [0.05, 0.1) is 23.6 Å². The van der Waals surface area contributed by atoms with Crippen molar-refractivity contribution in [2.75, 3.05) is 18.5 Å². The molecule has 1 aromatic carbocycles. The van der Waals surface area contributed by atoms with Crippen molar-refractivity contribution in [1.29, 1.82) is 0 Å². The van der Waals surface area contributed by atoms with E-state index < -0.39 is 17.4 Å². The second-order valence-corrected chi connectivity index (χ2v) is 8.44. The molecule has 0 bridgehead atoms. The van der Waals surface area contributed by atoms with Crippen LogP contribution in [0, 0.1) is 6.92 Å². The van der Waals surface area contributed by atoms with Crippen LogP contribution in [-0.4, -0.2) is 43.9 Å². The Kier molecular flexibility index (Phi) is 6.90. The van der Waals surface area contributed by atoms with Crippen molar-refractivity contribution >= 4 is 23.0 Å². The van der Waals surface area contributed by atoms with Gasteiger partial charge in [0.15, 0.2) is 0 Å². The summed E-state index contributed by atoms with van der Waals surface area (Å²) in [6.45, 7) is 3.52. The second kappa shape index (κ2) is 9.27. The molecule has 3 aromatic rings. The number of aliphatic hydroxyl groups is 2. The predicted octanol–water partition coefficient (Wildman–Crippen LogP) is 3.50. The van der Waals surface area contributed by atoms with Crippen molar-refractivity contribution in [3.8, 4) is 10.4 Å². The molecule has 0 saturated carbocycles. The number of aryl methyl sites for hydroxylation is 1. The number of rotatable bonds is 8. The highest BCUT2D eigenvalue weighted by Crippen LogP contribution is 2.31. The lowest BCUT2D eigenvalue weighted by Gasteiger charge is -2.25. The zero-order valence-corrected chi connectivity index (χ0v) is 17.7. The number of benzene rings is 1. The van der Waals surface area contributed by atoms with E-state index in [2.05, 4.69) is 25.6 Å². The summed E-state index contributed by atoms with van der Waals surface area (Å²) in [7, 11) is 0. The zero-order valence-electron chi connectivity index (χ0n) is 16.9. The predicted molar refractivity (Wildman–Crippen MR) is 112 cm³/mol. The van der Waals surface area contributed by atoms with E-state index in [9.17, 15) is 23.4 Å². The molecule has 0 aliphatic rings. The number of aromatic nitrogens is 3. The van der Waals surface area contributed by atoms with E-state index in [1.54, 1.807) is 25.3 Å². The van der Waals surface area contributed by atoms with E-state index in [4.69, 9.17) is 0 Å². The van der Waals surface area contributed by atoms with Crippen molar-refractivity contribution in [3.63, 3.8) is 0 Å². The summed E-state index contributed by atoms with van der Waals surface area (Å²) in [5.41, 5.74) is 0.460. The number of nitrogens with one attached hydrogen (secondary N) is 2. The van der Waals surface area contributed by atoms with Gasteiger partial charge in [-0.05, 0) is 43.2 Å². The highest BCUT2D eigenvalue weighted by molar-refractivity contribution is 7.15. The summed E-state index contributed by atoms with van der Waals surface area (Å²) in [5.74, 6) is -0.145. The third-order valence-corrected chi connectivity index (χ3v) is 5.53. The molecule has 0 unspecified atom stereocenters. The SMILES string of the molecule is Cc1cc(Nc2nccc(C(F)(F)F)n2)cc(-c2cnc(CNC(C)(CO)CO)s2)c1. The number of aliphatic hydroxyl groups excluding tert-OH is 2. The first-order chi connectivity index (χ1) is 14.6. The maximum Gasteiger partial charge on any atom is 0.433 e. The van der Waals surface area contributed by atoms with Crippen LogP contribution in [0.3, 0.4) is 0 Å². The molecule has 0 aliphatic heterocycles. The molecule has 0 atom stereocenters. The lowest BCUT2D eigenvalue weighted by atomic mass is 10.1. The Bertz CT molecular complexity index is 1040. The first kappa shape index (κ1) is 23.1. The van der Waals surface area contributed by atoms with Crippen molar-refractivity contribution in [3.05, 3.63) is 52.9 Å². The molecule has 3 rings (SSSR count). The molecule has 7 nitrogen and oxygen atoms in total. The van der Waals surface area contributed by atoms with Gasteiger partial charge in [0.25, 0.3) is 0 Å². The quantitative estimate of drug-likeness (QED) is 0.414. The molecule has 31 heavy (non-hydrogen) atoms. The van der Waals surface area contributed by atoms with Gasteiger partial charge in [-0.15, -0.1) is 11.3 Å². The van der Waals surface area contributed by atoms with Gasteiger partial charge in [0, 0.05) is 24.6 Å². The molecule has 0 radical (unpaired) electrons. The van der Waals surface area contributed by atoms with Crippen LogP contribution in [0.5, 0.6) is 0 Å². The topological polar surface area (TPSA) is 103 Å². The lowest BCUT2D eigenvalue weighted by Crippen LogP contribution is -2.48. The fourth-order valence-corrected chi connectivity index (χ4v) is 3.52. The van der Waals surface area contributed by atoms with Gasteiger partial charge in [0.1, 0.15) is 10.7 Å². The van der Waals surface area contributed by atoms with E-state index in [1.165, 1.54) is 11.3 Å². The molecule has 0 spiro atoms. The molecule has 2 heterocycles. The van der Waals surface area contributed by atoms with Crippen molar-refractivity contribution in [2.45, 2.75) is 32.1 Å². The van der Waals surface area contributed by atoms with Crippen LogP contribution in [0.4, 0.5) is 24.8 Å². The minimum Gasteiger partial charge on any atom is -0.394 e. The Morgan fingerprint density at radius 3 is 2.52 bits per heavy atom. The normalized spacial score (nSPS) is 12.2. The van der Waals surface area contributed by atoms with Gasteiger partial charge >= 0.3 is 6.18 Å². The average molecular weight is 453 g/mol. The Hall–Kier alpha value is -2.60. The van der Waals surface area contributed by atoms with Crippen molar-refractivity contribution in [1.82, 2.24) is 20.3 Å². The molecule has 0 fully saturated rings. The lowest BCUT2D eigenvalue weighted by molar-refractivity contribution is -0.141. The first-order valence-electron chi connectivity index (χ1n) is 9.33. The fraction of sp³-hybridized carbons (Fsp3) is 0.350. The van der Waals surface area contributed by atoms with Gasteiger partial charge in [-0.2, -0.15) is 13.2 Å². The first-order valence-corrected chi connectivity index (χ1v) is 10.1. The Labute approximate surface area is 181 Å². The van der Waals surface area contributed by atoms with Crippen LogP contribution in [0.15, 0.2) is 36.7 Å². The summed E-state index contributed by atoms with van der Waals surface area (Å²) in [4.78, 5) is 12.6. The second-order valence-electron chi connectivity index (χ2n) is 7.32. The van der Waals surface area contributed by atoms with E-state index in [0.717, 1.165) is 33.3 Å². The van der Waals surface area contributed by atoms with Gasteiger partial charge in [-0.3, -0.25) is 0 Å². The van der Waals surface area contributed by atoms with E-state index in [0.29, 0.717) is 12.2 Å². The molecule has 0 saturated heterocycles. The van der Waals surface area contributed by atoms with Gasteiger partial charge in [0.2, 0.25) is 5.95 Å². The number of halogens is 3. The molecule has 166 valence electrons. The Morgan fingerprint density at radius 2 is 1.84 bits per heavy atom. The van der Waals surface area contributed by atoms with Crippen molar-refractivity contribution < 1.29 is 23.4 Å². The number of thiazole rings is 1. The third-order valence-electron chi connectivity index (χ3n) is 4.48. The van der Waals surface area contributed by atoms with Gasteiger partial charge < -0.3 is 20.8 Å². The molecular weight excluding hydrogens is 431 g/mol. The number of hydrogen-bond acceptors (Lipinski definition) is 8. The standard InChI is InChI=1S/C20H22F3N5O2S/c1-12-5-13(15-8-25-17(31-15)9-26-19(2,10-29)11-30)7-14(6-12)27-18-24-4-3-16(28-18)20(21,22)23/h3-8,26,29-30H,9-11H2,1-2H3,(H,24,27,28). The smallest absolute Gasteiger partial charge is 0.394 e. The Balaban J connectivity index is 1.79. The van der Waals surface area contributed by atoms with Crippen LogP contribution in [-0.2, 0) is 12.7 Å². The molecule has 0 amide bonds. The van der Waals surface area contributed by atoms with Gasteiger partial charge in [-0.25, -0.2) is 15.0 Å². The van der Waals surface area contributed by atoms with E-state index in [1.807, 2.05) is 13.0 Å². The van der Waals surface area contributed by atoms with E-state index in [-0.39, 0.29) is 19.2 Å². The van der Waals surface area contributed by atoms with Crippen LogP contribution >= 0.6 is 11.3 Å². The average Bonchev–Trinajstić information content (AvgIpc) is 3.20. The van der Waals surface area contributed by atoms with Gasteiger partial charge in [-0.1, -0.05) is 6.07 Å². The summed E-state index contributed by atoms with van der Waals surface area (Å²) in [6.07, 6.45) is -1.79. The maximum absolute atomic E-state index is 12.9. The summed E-state index contributed by atoms with van der Waals surface area (Å²) in [5, 5.41) is 25.4. The summed E-state index contributed by atoms with van der Waals surface area (Å²) >= 11 is 1.43. The monoisotopic (exact) mass is 453 g/mol. The zero-order chi connectivity index (χ0) is 22.6. The van der Waals surface area contributed by atoms with Crippen LogP contribution < -0.4 is 10.6 Å².